The number of nitro groups is 1. The van der Waals surface area contributed by atoms with E-state index >= 15 is 0 Å². The van der Waals surface area contributed by atoms with E-state index in [9.17, 15) is 19.7 Å². The summed E-state index contributed by atoms with van der Waals surface area (Å²) >= 11 is 5.18. The number of anilines is 1. The molecule has 3 aromatic rings. The molecule has 34 heavy (non-hydrogen) atoms. The van der Waals surface area contributed by atoms with E-state index in [2.05, 4.69) is 10.6 Å². The lowest BCUT2D eigenvalue weighted by atomic mass is 10.1. The fourth-order valence-electron chi connectivity index (χ4n) is 3.11. The molecule has 2 amide bonds. The number of nitro benzene ring substituents is 1. The van der Waals surface area contributed by atoms with Gasteiger partial charge in [0.15, 0.2) is 5.11 Å². The van der Waals surface area contributed by atoms with Crippen LogP contribution in [0.2, 0.25) is 0 Å². The van der Waals surface area contributed by atoms with Gasteiger partial charge in [0.1, 0.15) is 0 Å². The molecular weight excluding hydrogens is 452 g/mol. The van der Waals surface area contributed by atoms with E-state index in [0.717, 1.165) is 5.56 Å². The fourth-order valence-corrected chi connectivity index (χ4v) is 3.33. The van der Waals surface area contributed by atoms with E-state index in [1.165, 1.54) is 30.4 Å². The van der Waals surface area contributed by atoms with Crippen LogP contribution in [0.15, 0.2) is 84.9 Å². The zero-order valence-corrected chi connectivity index (χ0v) is 19.1. The van der Waals surface area contributed by atoms with Crippen LogP contribution in [0.1, 0.15) is 21.5 Å². The van der Waals surface area contributed by atoms with Crippen molar-refractivity contribution in [1.82, 2.24) is 10.2 Å². The molecule has 3 rings (SSSR count). The number of carbonyl (C=O) groups is 2. The Hall–Kier alpha value is -4.37. The van der Waals surface area contributed by atoms with Gasteiger partial charge in [-0.05, 0) is 47.6 Å². The lowest BCUT2D eigenvalue weighted by Gasteiger charge is -2.18. The molecule has 0 bridgehead atoms. The molecule has 0 unspecified atom stereocenters. The second kappa shape index (κ2) is 11.5. The molecule has 0 atom stereocenters. The lowest BCUT2D eigenvalue weighted by Crippen LogP contribution is -2.33. The zero-order valence-electron chi connectivity index (χ0n) is 18.3. The maximum Gasteiger partial charge on any atom is 0.270 e. The summed E-state index contributed by atoms with van der Waals surface area (Å²) in [5, 5.41) is 16.3. The standard InChI is InChI=1S/C25H22N4O4S/c1-28(17-19-7-3-2-4-8-19)24(31)20-10-6-11-21(16-20)26-25(34)27-23(30)14-13-18-9-5-12-22(15-18)29(32)33/h2-16H,17H2,1H3,(H2,26,27,30,34)/b14-13+. The summed E-state index contributed by atoms with van der Waals surface area (Å²) in [6.07, 6.45) is 2.68. The van der Waals surface area contributed by atoms with Crippen molar-refractivity contribution in [2.45, 2.75) is 6.54 Å². The van der Waals surface area contributed by atoms with E-state index in [-0.39, 0.29) is 16.7 Å². The highest BCUT2D eigenvalue weighted by molar-refractivity contribution is 7.80. The molecule has 0 saturated heterocycles. The van der Waals surface area contributed by atoms with Crippen molar-refractivity contribution in [3.8, 4) is 0 Å². The summed E-state index contributed by atoms with van der Waals surface area (Å²) in [4.78, 5) is 36.9. The Morgan fingerprint density at radius 3 is 2.50 bits per heavy atom. The van der Waals surface area contributed by atoms with Crippen molar-refractivity contribution < 1.29 is 14.5 Å². The summed E-state index contributed by atoms with van der Waals surface area (Å²) < 4.78 is 0. The van der Waals surface area contributed by atoms with E-state index in [1.807, 2.05) is 30.3 Å². The van der Waals surface area contributed by atoms with Crippen molar-refractivity contribution in [2.75, 3.05) is 12.4 Å². The number of hydrogen-bond acceptors (Lipinski definition) is 5. The van der Waals surface area contributed by atoms with Gasteiger partial charge >= 0.3 is 0 Å². The number of rotatable bonds is 7. The van der Waals surface area contributed by atoms with Gasteiger partial charge in [0.25, 0.3) is 11.6 Å². The molecule has 0 saturated carbocycles. The van der Waals surface area contributed by atoms with E-state index < -0.39 is 10.8 Å². The predicted molar refractivity (Wildman–Crippen MR) is 135 cm³/mol. The molecule has 3 aromatic carbocycles. The monoisotopic (exact) mass is 474 g/mol. The number of amides is 2. The van der Waals surface area contributed by atoms with Crippen LogP contribution < -0.4 is 10.6 Å². The van der Waals surface area contributed by atoms with Gasteiger partial charge in [0, 0.05) is 43.1 Å². The SMILES string of the molecule is CN(Cc1ccccc1)C(=O)c1cccc(NC(=S)NC(=O)/C=C/c2cccc([N+](=O)[O-])c2)c1. The highest BCUT2D eigenvalue weighted by atomic mass is 32.1. The molecule has 0 fully saturated rings. The summed E-state index contributed by atoms with van der Waals surface area (Å²) in [5.74, 6) is -0.652. The number of non-ortho nitro benzene ring substituents is 1. The molecule has 8 nitrogen and oxygen atoms in total. The molecule has 0 aliphatic rings. The van der Waals surface area contributed by atoms with Crippen molar-refractivity contribution in [2.24, 2.45) is 0 Å². The molecule has 0 spiro atoms. The van der Waals surface area contributed by atoms with Gasteiger partial charge in [0.2, 0.25) is 5.91 Å². The maximum absolute atomic E-state index is 12.8. The lowest BCUT2D eigenvalue weighted by molar-refractivity contribution is -0.384. The van der Waals surface area contributed by atoms with Gasteiger partial charge < -0.3 is 10.2 Å². The van der Waals surface area contributed by atoms with Crippen LogP contribution in [0.4, 0.5) is 11.4 Å². The maximum atomic E-state index is 12.8. The minimum atomic E-state index is -0.505. The smallest absolute Gasteiger partial charge is 0.270 e. The second-order valence-electron chi connectivity index (χ2n) is 7.36. The number of hydrogen-bond donors (Lipinski definition) is 2. The van der Waals surface area contributed by atoms with Crippen LogP contribution >= 0.6 is 12.2 Å². The summed E-state index contributed by atoms with van der Waals surface area (Å²) in [6.45, 7) is 0.475. The minimum Gasteiger partial charge on any atom is -0.337 e. The molecule has 0 radical (unpaired) electrons. The van der Waals surface area contributed by atoms with Crippen LogP contribution in [0.25, 0.3) is 6.08 Å². The quantitative estimate of drug-likeness (QED) is 0.228. The molecule has 0 aliphatic heterocycles. The van der Waals surface area contributed by atoms with E-state index in [0.29, 0.717) is 23.4 Å². The number of nitrogens with zero attached hydrogens (tertiary/aromatic N) is 2. The van der Waals surface area contributed by atoms with Gasteiger partial charge in [-0.3, -0.25) is 25.0 Å². The van der Waals surface area contributed by atoms with Crippen molar-refractivity contribution in [3.63, 3.8) is 0 Å². The van der Waals surface area contributed by atoms with Gasteiger partial charge in [-0.2, -0.15) is 0 Å². The van der Waals surface area contributed by atoms with Crippen LogP contribution in [0, 0.1) is 10.1 Å². The number of thiocarbonyl (C=S) groups is 1. The molecule has 0 aromatic heterocycles. The largest absolute Gasteiger partial charge is 0.337 e. The first-order chi connectivity index (χ1) is 16.3. The Morgan fingerprint density at radius 1 is 1.03 bits per heavy atom. The topological polar surface area (TPSA) is 105 Å². The normalized spacial score (nSPS) is 10.5. The molecular formula is C25H22N4O4S. The third-order valence-corrected chi connectivity index (χ3v) is 4.93. The average molecular weight is 475 g/mol. The minimum absolute atomic E-state index is 0.0518. The van der Waals surface area contributed by atoms with Crippen molar-refractivity contribution in [1.29, 1.82) is 0 Å². The first-order valence-corrected chi connectivity index (χ1v) is 10.7. The molecule has 9 heteroatoms. The average Bonchev–Trinajstić information content (AvgIpc) is 2.83. The first kappa shape index (κ1) is 24.3. The third kappa shape index (κ3) is 7.07. The highest BCUT2D eigenvalue weighted by Gasteiger charge is 2.13. The van der Waals surface area contributed by atoms with Crippen LogP contribution in [-0.4, -0.2) is 33.8 Å². The Morgan fingerprint density at radius 2 is 1.76 bits per heavy atom. The number of nitrogens with one attached hydrogen (secondary N) is 2. The Bertz CT molecular complexity index is 1240. The first-order valence-electron chi connectivity index (χ1n) is 10.3. The Kier molecular flexibility index (Phi) is 8.20. The third-order valence-electron chi connectivity index (χ3n) is 4.72. The van der Waals surface area contributed by atoms with E-state index in [1.54, 1.807) is 42.3 Å². The molecule has 0 heterocycles. The summed E-state index contributed by atoms with van der Waals surface area (Å²) in [7, 11) is 1.73. The second-order valence-corrected chi connectivity index (χ2v) is 7.76. The Labute approximate surface area is 202 Å². The summed E-state index contributed by atoms with van der Waals surface area (Å²) in [5.41, 5.74) is 2.49. The van der Waals surface area contributed by atoms with Crippen molar-refractivity contribution >= 4 is 46.6 Å². The van der Waals surface area contributed by atoms with Crippen LogP contribution in [-0.2, 0) is 11.3 Å². The van der Waals surface area contributed by atoms with Crippen LogP contribution in [0.5, 0.6) is 0 Å². The van der Waals surface area contributed by atoms with Gasteiger partial charge in [-0.1, -0.05) is 48.5 Å². The van der Waals surface area contributed by atoms with Gasteiger partial charge in [-0.25, -0.2) is 0 Å². The highest BCUT2D eigenvalue weighted by Crippen LogP contribution is 2.15. The zero-order chi connectivity index (χ0) is 24.5. The van der Waals surface area contributed by atoms with Crippen molar-refractivity contribution in [3.05, 3.63) is 112 Å². The Balaban J connectivity index is 1.57. The van der Waals surface area contributed by atoms with E-state index in [4.69, 9.17) is 12.2 Å². The van der Waals surface area contributed by atoms with Crippen LogP contribution in [0.3, 0.4) is 0 Å². The predicted octanol–water partition coefficient (Wildman–Crippen LogP) is 4.39. The van der Waals surface area contributed by atoms with Gasteiger partial charge in [-0.15, -0.1) is 0 Å². The molecule has 0 aliphatic carbocycles. The van der Waals surface area contributed by atoms with Gasteiger partial charge in [0.05, 0.1) is 4.92 Å². The fraction of sp³-hybridized carbons (Fsp3) is 0.0800. The number of benzene rings is 3. The number of carbonyl (C=O) groups excluding carboxylic acids is 2. The summed E-state index contributed by atoms with van der Waals surface area (Å²) in [6, 6.07) is 22.4. The molecule has 172 valence electrons. The molecule has 2 N–H and O–H groups in total.